The molecular formula is C27H29FN2O2S. The fourth-order valence-corrected chi connectivity index (χ4v) is 5.33. The number of hydrogen-bond donors (Lipinski definition) is 0. The van der Waals surface area contributed by atoms with Gasteiger partial charge in [0.15, 0.2) is 0 Å². The van der Waals surface area contributed by atoms with E-state index in [1.165, 1.54) is 17.0 Å². The molecule has 2 aromatic carbocycles. The van der Waals surface area contributed by atoms with E-state index in [2.05, 4.69) is 6.07 Å². The fourth-order valence-electron chi connectivity index (χ4n) is 4.42. The summed E-state index contributed by atoms with van der Waals surface area (Å²) in [5.74, 6) is -0.398. The second-order valence-electron chi connectivity index (χ2n) is 8.69. The Hall–Kier alpha value is -2.99. The van der Waals surface area contributed by atoms with Gasteiger partial charge in [0.2, 0.25) is 11.8 Å². The van der Waals surface area contributed by atoms with E-state index in [0.29, 0.717) is 19.4 Å². The number of benzene rings is 2. The summed E-state index contributed by atoms with van der Waals surface area (Å²) in [5, 5.41) is 2.04. The van der Waals surface area contributed by atoms with E-state index in [-0.39, 0.29) is 36.3 Å². The molecule has 3 aromatic rings. The van der Waals surface area contributed by atoms with Gasteiger partial charge in [0.1, 0.15) is 12.4 Å². The maximum Gasteiger partial charge on any atom is 0.243 e. The Morgan fingerprint density at radius 1 is 1.09 bits per heavy atom. The molecule has 1 atom stereocenters. The Bertz CT molecular complexity index is 1090. The maximum absolute atomic E-state index is 13.6. The van der Waals surface area contributed by atoms with Crippen molar-refractivity contribution in [2.75, 3.05) is 13.1 Å². The molecule has 0 aliphatic carbocycles. The first-order chi connectivity index (χ1) is 15.9. The Kier molecular flexibility index (Phi) is 7.23. The molecule has 0 saturated carbocycles. The molecule has 2 amide bonds. The lowest BCUT2D eigenvalue weighted by molar-refractivity contribution is -0.143. The molecule has 172 valence electrons. The molecule has 1 aromatic heterocycles. The van der Waals surface area contributed by atoms with Crippen LogP contribution >= 0.6 is 11.3 Å². The predicted octanol–water partition coefficient (Wildman–Crippen LogP) is 5.23. The zero-order chi connectivity index (χ0) is 23.4. The molecule has 4 nitrogen and oxygen atoms in total. The Morgan fingerprint density at radius 2 is 1.82 bits per heavy atom. The summed E-state index contributed by atoms with van der Waals surface area (Å²) < 4.78 is 13.6. The molecule has 0 fully saturated rings. The van der Waals surface area contributed by atoms with Crippen LogP contribution in [0.25, 0.3) is 0 Å². The minimum atomic E-state index is -0.298. The third-order valence-corrected chi connectivity index (χ3v) is 7.19. The number of nitrogens with zero attached hydrogens (tertiary/aromatic N) is 2. The molecule has 1 unspecified atom stereocenters. The Labute approximate surface area is 198 Å². The number of fused-ring (bicyclic) bond motifs is 1. The third kappa shape index (κ3) is 5.33. The second kappa shape index (κ2) is 10.3. The van der Waals surface area contributed by atoms with Crippen LogP contribution in [-0.2, 0) is 22.4 Å². The second-order valence-corrected chi connectivity index (χ2v) is 9.69. The van der Waals surface area contributed by atoms with Gasteiger partial charge < -0.3 is 9.80 Å². The van der Waals surface area contributed by atoms with Crippen LogP contribution < -0.4 is 0 Å². The topological polar surface area (TPSA) is 40.6 Å². The van der Waals surface area contributed by atoms with Crippen molar-refractivity contribution in [3.8, 4) is 0 Å². The third-order valence-electron chi connectivity index (χ3n) is 6.19. The Morgan fingerprint density at radius 3 is 2.52 bits per heavy atom. The molecule has 0 N–H and O–H groups in total. The highest BCUT2D eigenvalue weighted by Crippen LogP contribution is 2.38. The van der Waals surface area contributed by atoms with Gasteiger partial charge in [-0.25, -0.2) is 4.39 Å². The summed E-state index contributed by atoms with van der Waals surface area (Å²) in [4.78, 5) is 31.4. The summed E-state index contributed by atoms with van der Waals surface area (Å²) in [6, 6.07) is 18.0. The number of thiophene rings is 1. The van der Waals surface area contributed by atoms with E-state index < -0.39 is 0 Å². The summed E-state index contributed by atoms with van der Waals surface area (Å²) in [7, 11) is 0. The summed E-state index contributed by atoms with van der Waals surface area (Å²) in [6.07, 6.45) is 1.81. The van der Waals surface area contributed by atoms with Crippen LogP contribution in [0, 0.1) is 5.82 Å². The molecule has 0 spiro atoms. The predicted molar refractivity (Wildman–Crippen MR) is 130 cm³/mol. The number of carbonyl (C=O) groups is 2. The molecule has 0 radical (unpaired) electrons. The fraction of sp³-hybridized carbons (Fsp3) is 0.333. The van der Waals surface area contributed by atoms with Crippen LogP contribution in [0.1, 0.15) is 47.9 Å². The molecular weight excluding hydrogens is 435 g/mol. The zero-order valence-electron chi connectivity index (χ0n) is 19.0. The summed E-state index contributed by atoms with van der Waals surface area (Å²) in [6.45, 7) is 4.51. The van der Waals surface area contributed by atoms with Crippen LogP contribution in [0.4, 0.5) is 4.39 Å². The van der Waals surface area contributed by atoms with Crippen molar-refractivity contribution in [3.05, 3.63) is 93.4 Å². The van der Waals surface area contributed by atoms with Gasteiger partial charge in [0.05, 0.1) is 6.04 Å². The normalized spacial score (nSPS) is 15.4. The lowest BCUT2D eigenvalue weighted by Gasteiger charge is -2.38. The van der Waals surface area contributed by atoms with E-state index in [9.17, 15) is 14.0 Å². The van der Waals surface area contributed by atoms with Gasteiger partial charge in [0, 0.05) is 23.9 Å². The molecule has 4 rings (SSSR count). The first-order valence-electron chi connectivity index (χ1n) is 11.4. The smallest absolute Gasteiger partial charge is 0.243 e. The molecule has 2 heterocycles. The van der Waals surface area contributed by atoms with E-state index in [1.54, 1.807) is 28.4 Å². The van der Waals surface area contributed by atoms with Crippen LogP contribution in [-0.4, -0.2) is 40.7 Å². The number of aryl methyl sites for hydroxylation is 1. The van der Waals surface area contributed by atoms with Crippen molar-refractivity contribution >= 4 is 23.2 Å². The van der Waals surface area contributed by atoms with Gasteiger partial charge in [-0.05, 0) is 67.0 Å². The van der Waals surface area contributed by atoms with E-state index in [1.807, 2.05) is 54.5 Å². The first kappa shape index (κ1) is 23.2. The molecule has 0 bridgehead atoms. The summed E-state index contributed by atoms with van der Waals surface area (Å²) >= 11 is 1.69. The first-order valence-corrected chi connectivity index (χ1v) is 12.3. The number of amides is 2. The average molecular weight is 465 g/mol. The summed E-state index contributed by atoms with van der Waals surface area (Å²) in [5.41, 5.74) is 3.09. The van der Waals surface area contributed by atoms with Crippen LogP contribution in [0.3, 0.4) is 0 Å². The minimum absolute atomic E-state index is 0.0197. The lowest BCUT2D eigenvalue weighted by Crippen LogP contribution is -2.48. The van der Waals surface area contributed by atoms with E-state index in [0.717, 1.165) is 23.1 Å². The van der Waals surface area contributed by atoms with Crippen LogP contribution in [0.15, 0.2) is 66.0 Å². The molecule has 1 aliphatic heterocycles. The number of halogens is 1. The quantitative estimate of drug-likeness (QED) is 0.480. The lowest BCUT2D eigenvalue weighted by atomic mass is 9.93. The molecule has 33 heavy (non-hydrogen) atoms. The average Bonchev–Trinajstić information content (AvgIpc) is 3.30. The Balaban J connectivity index is 1.52. The largest absolute Gasteiger partial charge is 0.331 e. The van der Waals surface area contributed by atoms with Crippen molar-refractivity contribution in [1.29, 1.82) is 0 Å². The van der Waals surface area contributed by atoms with Crippen molar-refractivity contribution < 1.29 is 14.0 Å². The van der Waals surface area contributed by atoms with Crippen molar-refractivity contribution in [2.24, 2.45) is 0 Å². The molecule has 1 aliphatic rings. The minimum Gasteiger partial charge on any atom is -0.331 e. The van der Waals surface area contributed by atoms with Gasteiger partial charge in [0.25, 0.3) is 0 Å². The molecule has 6 heteroatoms. The number of carbonyl (C=O) groups excluding carboxylic acids is 2. The van der Waals surface area contributed by atoms with E-state index >= 15 is 0 Å². The van der Waals surface area contributed by atoms with Crippen LogP contribution in [0.5, 0.6) is 0 Å². The molecule has 0 saturated heterocycles. The van der Waals surface area contributed by atoms with Gasteiger partial charge >= 0.3 is 0 Å². The SMILES string of the molecule is CC(C)N(CC(=O)N1CCc2sccc2C1c1ccc(F)cc1)C(=O)CCc1ccccc1. The number of hydrogen-bond acceptors (Lipinski definition) is 3. The van der Waals surface area contributed by atoms with Crippen molar-refractivity contribution in [3.63, 3.8) is 0 Å². The van der Waals surface area contributed by atoms with Crippen molar-refractivity contribution in [2.45, 2.75) is 45.2 Å². The van der Waals surface area contributed by atoms with Gasteiger partial charge in [-0.1, -0.05) is 42.5 Å². The van der Waals surface area contributed by atoms with Crippen LogP contribution in [0.2, 0.25) is 0 Å². The standard InChI is InChI=1S/C27H29FN2O2S/c1-19(2)30(25(31)13-8-20-6-4-3-5-7-20)18-26(32)29-16-14-24-23(15-17-33-24)27(29)21-9-11-22(28)12-10-21/h3-7,9-12,15,17,19,27H,8,13-14,16,18H2,1-2H3. The maximum atomic E-state index is 13.6. The highest BCUT2D eigenvalue weighted by molar-refractivity contribution is 7.10. The van der Waals surface area contributed by atoms with Crippen molar-refractivity contribution in [1.82, 2.24) is 9.80 Å². The highest BCUT2D eigenvalue weighted by atomic mass is 32.1. The van der Waals surface area contributed by atoms with Gasteiger partial charge in [-0.15, -0.1) is 11.3 Å². The van der Waals surface area contributed by atoms with Gasteiger partial charge in [-0.2, -0.15) is 0 Å². The van der Waals surface area contributed by atoms with E-state index in [4.69, 9.17) is 0 Å². The van der Waals surface area contributed by atoms with Gasteiger partial charge in [-0.3, -0.25) is 9.59 Å². The zero-order valence-corrected chi connectivity index (χ0v) is 19.9. The highest BCUT2D eigenvalue weighted by Gasteiger charge is 2.34. The monoisotopic (exact) mass is 464 g/mol. The number of rotatable bonds is 7.